The van der Waals surface area contributed by atoms with Crippen molar-refractivity contribution in [2.24, 2.45) is 0 Å². The van der Waals surface area contributed by atoms with Crippen molar-refractivity contribution in [3.63, 3.8) is 0 Å². The van der Waals surface area contributed by atoms with Crippen LogP contribution in [0.25, 0.3) is 0 Å². The lowest BCUT2D eigenvalue weighted by Gasteiger charge is -2.14. The molecule has 0 saturated heterocycles. The summed E-state index contributed by atoms with van der Waals surface area (Å²) in [4.78, 5) is 24.1. The third kappa shape index (κ3) is 9.17. The number of hydrogen-bond donors (Lipinski definition) is 0. The summed E-state index contributed by atoms with van der Waals surface area (Å²) in [5.74, 6) is 0.386. The number of carbonyl (C=O) groups is 2. The lowest BCUT2D eigenvalue weighted by molar-refractivity contribution is -0.456. The first-order valence-electron chi connectivity index (χ1n) is 18.7. The van der Waals surface area contributed by atoms with E-state index in [2.05, 4.69) is 113 Å². The van der Waals surface area contributed by atoms with E-state index in [1.807, 2.05) is 72.8 Å². The standard InChI is InChI=1S/C28H30NO2.C20H22NO2.2HI/c1-19(2)22-14-16-24(17-15-22)31-27(30)23-12-10-21(11-13-23)18-29-20(3)28(4,5)25-8-6-7-9-26(25)29;1-14-20(2,3)17-7-5-6-8-18(17)21(14)13-15-9-11-16(12-10-15)19(22)23-4;;/h6-17,19H,18H2,1-5H3;5-12H,13H2,1-4H3;2*1H/q2*+1;;/p-2. The molecule has 0 bridgehead atoms. The van der Waals surface area contributed by atoms with Gasteiger partial charge in [0.15, 0.2) is 24.5 Å². The number of esters is 2. The van der Waals surface area contributed by atoms with Crippen LogP contribution in [0.15, 0.2) is 121 Å². The van der Waals surface area contributed by atoms with Gasteiger partial charge in [0, 0.05) is 48.2 Å². The molecule has 2 aliphatic heterocycles. The Morgan fingerprint density at radius 2 is 0.964 bits per heavy atom. The zero-order valence-electron chi connectivity index (χ0n) is 33.8. The predicted octanol–water partition coefficient (Wildman–Crippen LogP) is 4.70. The quantitative estimate of drug-likeness (QED) is 0.0981. The third-order valence-corrected chi connectivity index (χ3v) is 11.4. The minimum Gasteiger partial charge on any atom is -1.00 e. The van der Waals surface area contributed by atoms with Gasteiger partial charge in [0.2, 0.25) is 11.4 Å². The number of benzene rings is 5. The largest absolute Gasteiger partial charge is 1.00 e. The number of hydrogen-bond acceptors (Lipinski definition) is 4. The van der Waals surface area contributed by atoms with E-state index >= 15 is 0 Å². The fraction of sp³-hybridized carbons (Fsp3) is 0.292. The van der Waals surface area contributed by atoms with Crippen LogP contribution in [0.3, 0.4) is 0 Å². The zero-order chi connectivity index (χ0) is 38.8. The van der Waals surface area contributed by atoms with Gasteiger partial charge in [0.25, 0.3) is 0 Å². The van der Waals surface area contributed by atoms with Crippen molar-refractivity contribution >= 4 is 34.7 Å². The van der Waals surface area contributed by atoms with E-state index < -0.39 is 0 Å². The summed E-state index contributed by atoms with van der Waals surface area (Å²) in [7, 11) is 1.40. The number of para-hydroxylation sites is 2. The second-order valence-corrected chi connectivity index (χ2v) is 15.6. The fourth-order valence-corrected chi connectivity index (χ4v) is 7.37. The first-order valence-corrected chi connectivity index (χ1v) is 18.7. The van der Waals surface area contributed by atoms with Crippen molar-refractivity contribution in [3.8, 4) is 5.75 Å². The van der Waals surface area contributed by atoms with Gasteiger partial charge in [0.1, 0.15) is 5.75 Å². The van der Waals surface area contributed by atoms with E-state index in [4.69, 9.17) is 9.47 Å². The lowest BCUT2D eigenvalue weighted by Crippen LogP contribution is -3.00. The summed E-state index contributed by atoms with van der Waals surface area (Å²) in [5.41, 5.74) is 12.7. The first kappa shape index (κ1) is 44.6. The topological polar surface area (TPSA) is 58.6 Å². The van der Waals surface area contributed by atoms with Gasteiger partial charge in [-0.2, -0.15) is 9.15 Å². The Bertz CT molecular complexity index is 2250. The highest BCUT2D eigenvalue weighted by Gasteiger charge is 2.43. The molecule has 0 aromatic heterocycles. The van der Waals surface area contributed by atoms with Crippen LogP contribution in [0, 0.1) is 0 Å². The molecule has 0 atom stereocenters. The Kier molecular flexibility index (Phi) is 14.6. The van der Waals surface area contributed by atoms with Crippen LogP contribution in [-0.2, 0) is 28.7 Å². The summed E-state index contributed by atoms with van der Waals surface area (Å²) < 4.78 is 15.0. The van der Waals surface area contributed by atoms with Crippen LogP contribution in [-0.4, -0.2) is 39.6 Å². The molecule has 2 heterocycles. The molecule has 7 rings (SSSR count). The van der Waals surface area contributed by atoms with E-state index in [0.29, 0.717) is 22.8 Å². The van der Waals surface area contributed by atoms with Gasteiger partial charge in [-0.1, -0.05) is 86.6 Å². The summed E-state index contributed by atoms with van der Waals surface area (Å²) in [5, 5.41) is 0. The number of carbonyl (C=O) groups excluding carboxylic acids is 2. The summed E-state index contributed by atoms with van der Waals surface area (Å²) in [6.07, 6.45) is 0. The second-order valence-electron chi connectivity index (χ2n) is 15.6. The van der Waals surface area contributed by atoms with Crippen molar-refractivity contribution < 1.29 is 76.2 Å². The van der Waals surface area contributed by atoms with Crippen LogP contribution >= 0.6 is 0 Å². The molecule has 6 nitrogen and oxygen atoms in total. The average molecular weight is 975 g/mol. The molecule has 0 fully saturated rings. The molecule has 56 heavy (non-hydrogen) atoms. The first-order chi connectivity index (χ1) is 25.7. The van der Waals surface area contributed by atoms with E-state index in [1.54, 1.807) is 0 Å². The summed E-state index contributed by atoms with van der Waals surface area (Å²) >= 11 is 0. The molecule has 292 valence electrons. The number of fused-ring (bicyclic) bond motifs is 2. The maximum Gasteiger partial charge on any atom is 0.343 e. The molecule has 0 amide bonds. The highest BCUT2D eigenvalue weighted by Crippen LogP contribution is 2.41. The number of rotatable bonds is 8. The molecule has 0 aliphatic carbocycles. The smallest absolute Gasteiger partial charge is 0.343 e. The SMILES string of the molecule is CC1=[N+](Cc2ccc(C(=O)Oc3ccc(C(C)C)cc3)cc2)c2ccccc2C1(C)C.COC(=O)c1ccc(C[N+]2=C(C)C(C)(C)c3ccccc32)cc1.[I-].[I-]. The molecular weight excluding hydrogens is 922 g/mol. The third-order valence-electron chi connectivity index (χ3n) is 11.4. The zero-order valence-corrected chi connectivity index (χ0v) is 38.1. The molecule has 2 aliphatic rings. The Morgan fingerprint density at radius 1 is 0.571 bits per heavy atom. The molecule has 0 saturated carbocycles. The Labute approximate surface area is 366 Å². The van der Waals surface area contributed by atoms with Crippen LogP contribution in [0.5, 0.6) is 5.75 Å². The number of halogens is 2. The molecule has 0 N–H and O–H groups in total. The number of nitrogens with zero attached hydrogens (tertiary/aromatic N) is 2. The lowest BCUT2D eigenvalue weighted by atomic mass is 9.82. The van der Waals surface area contributed by atoms with Crippen molar-refractivity contribution in [1.29, 1.82) is 0 Å². The predicted molar refractivity (Wildman–Crippen MR) is 217 cm³/mol. The minimum absolute atomic E-state index is 0. The van der Waals surface area contributed by atoms with E-state index in [1.165, 1.54) is 52.2 Å². The molecule has 0 spiro atoms. The maximum atomic E-state index is 12.6. The Balaban J connectivity index is 0.000000250. The average Bonchev–Trinajstić information content (AvgIpc) is 3.49. The summed E-state index contributed by atoms with van der Waals surface area (Å²) in [6, 6.07) is 40.2. The highest BCUT2D eigenvalue weighted by molar-refractivity contribution is 5.94. The van der Waals surface area contributed by atoms with Gasteiger partial charge in [-0.05, 0) is 75.6 Å². The molecule has 5 aromatic rings. The monoisotopic (exact) mass is 974 g/mol. The minimum atomic E-state index is -0.334. The van der Waals surface area contributed by atoms with Gasteiger partial charge in [-0.3, -0.25) is 0 Å². The van der Waals surface area contributed by atoms with Crippen molar-refractivity contribution in [1.82, 2.24) is 0 Å². The Hall–Kier alpha value is -4.16. The fourth-order valence-electron chi connectivity index (χ4n) is 7.37. The van der Waals surface area contributed by atoms with Gasteiger partial charge < -0.3 is 57.4 Å². The molecule has 0 radical (unpaired) electrons. The van der Waals surface area contributed by atoms with Crippen LogP contribution < -0.4 is 52.7 Å². The maximum absolute atomic E-state index is 12.6. The van der Waals surface area contributed by atoms with Crippen LogP contribution in [0.2, 0.25) is 0 Å². The van der Waals surface area contributed by atoms with Crippen LogP contribution in [0.4, 0.5) is 11.4 Å². The molecular formula is C48H52I2N2O4. The second kappa shape index (κ2) is 18.4. The summed E-state index contributed by atoms with van der Waals surface area (Å²) in [6.45, 7) is 19.3. The molecule has 0 unspecified atom stereocenters. The molecule has 8 heteroatoms. The van der Waals surface area contributed by atoms with Crippen molar-refractivity contribution in [3.05, 3.63) is 160 Å². The number of ether oxygens (including phenoxy) is 2. The number of methoxy groups -OCH3 is 1. The van der Waals surface area contributed by atoms with Crippen molar-refractivity contribution in [2.75, 3.05) is 7.11 Å². The van der Waals surface area contributed by atoms with Crippen LogP contribution in [0.1, 0.15) is 110 Å². The molecule has 5 aromatic carbocycles. The van der Waals surface area contributed by atoms with E-state index in [-0.39, 0.29) is 70.7 Å². The van der Waals surface area contributed by atoms with E-state index in [0.717, 1.165) is 18.7 Å². The van der Waals surface area contributed by atoms with Gasteiger partial charge in [-0.25, -0.2) is 9.59 Å². The van der Waals surface area contributed by atoms with Gasteiger partial charge in [-0.15, -0.1) is 0 Å². The van der Waals surface area contributed by atoms with Gasteiger partial charge in [0.05, 0.1) is 29.1 Å². The van der Waals surface area contributed by atoms with Crippen molar-refractivity contribution in [2.45, 2.75) is 85.2 Å². The highest BCUT2D eigenvalue weighted by atomic mass is 127. The normalized spacial score (nSPS) is 14.5. The van der Waals surface area contributed by atoms with E-state index in [9.17, 15) is 9.59 Å². The Morgan fingerprint density at radius 3 is 1.36 bits per heavy atom. The van der Waals surface area contributed by atoms with Gasteiger partial charge >= 0.3 is 11.9 Å².